The predicted molar refractivity (Wildman–Crippen MR) is 87.7 cm³/mol. The summed E-state index contributed by atoms with van der Waals surface area (Å²) in [6.07, 6.45) is 0. The van der Waals surface area contributed by atoms with Crippen molar-refractivity contribution >= 4 is 28.6 Å². The number of H-pyrrole nitrogens is 1. The summed E-state index contributed by atoms with van der Waals surface area (Å²) in [7, 11) is 0. The van der Waals surface area contributed by atoms with Crippen LogP contribution in [-0.4, -0.2) is 16.0 Å². The molecule has 7 heteroatoms. The van der Waals surface area contributed by atoms with Crippen LogP contribution in [0, 0.1) is 0 Å². The third-order valence-electron chi connectivity index (χ3n) is 3.07. The van der Waals surface area contributed by atoms with Crippen molar-refractivity contribution in [2.45, 2.75) is 0 Å². The SMILES string of the molecule is O=C(Nc1ccccc1)Nc1nc2ccccc2[nH]c(=O)c1=O. The number of para-hydroxylation sites is 3. The Labute approximate surface area is 130 Å². The van der Waals surface area contributed by atoms with Gasteiger partial charge in [-0.1, -0.05) is 30.3 Å². The molecule has 0 unspecified atom stereocenters. The third-order valence-corrected chi connectivity index (χ3v) is 3.07. The van der Waals surface area contributed by atoms with E-state index in [-0.39, 0.29) is 5.82 Å². The number of rotatable bonds is 2. The van der Waals surface area contributed by atoms with E-state index in [4.69, 9.17) is 0 Å². The van der Waals surface area contributed by atoms with E-state index in [1.54, 1.807) is 48.5 Å². The summed E-state index contributed by atoms with van der Waals surface area (Å²) >= 11 is 0. The fourth-order valence-electron chi connectivity index (χ4n) is 2.01. The van der Waals surface area contributed by atoms with Crippen LogP contribution in [0.4, 0.5) is 16.3 Å². The number of anilines is 2. The second-order valence-corrected chi connectivity index (χ2v) is 4.71. The van der Waals surface area contributed by atoms with Gasteiger partial charge in [0, 0.05) is 5.69 Å². The van der Waals surface area contributed by atoms with Gasteiger partial charge in [0.05, 0.1) is 11.0 Å². The first-order valence-electron chi connectivity index (χ1n) is 6.80. The first-order valence-corrected chi connectivity index (χ1v) is 6.80. The molecule has 0 spiro atoms. The number of nitrogens with zero attached hydrogens (tertiary/aromatic N) is 1. The average Bonchev–Trinajstić information content (AvgIpc) is 2.66. The van der Waals surface area contributed by atoms with Crippen LogP contribution in [0.1, 0.15) is 0 Å². The van der Waals surface area contributed by atoms with E-state index in [1.807, 2.05) is 6.07 Å². The van der Waals surface area contributed by atoms with Crippen LogP contribution < -0.4 is 21.6 Å². The minimum absolute atomic E-state index is 0.333. The summed E-state index contributed by atoms with van der Waals surface area (Å²) < 4.78 is 0. The number of hydrogen-bond donors (Lipinski definition) is 3. The fraction of sp³-hybridized carbons (Fsp3) is 0. The lowest BCUT2D eigenvalue weighted by Gasteiger charge is -2.05. The van der Waals surface area contributed by atoms with Crippen LogP contribution in [0.2, 0.25) is 0 Å². The number of fused-ring (bicyclic) bond motifs is 1. The van der Waals surface area contributed by atoms with Gasteiger partial charge in [-0.2, -0.15) is 0 Å². The van der Waals surface area contributed by atoms with Crippen molar-refractivity contribution in [2.24, 2.45) is 0 Å². The Balaban J connectivity index is 1.97. The molecular weight excluding hydrogens is 296 g/mol. The Hall–Kier alpha value is -3.48. The summed E-state index contributed by atoms with van der Waals surface area (Å²) in [5, 5.41) is 4.87. The third kappa shape index (κ3) is 3.24. The van der Waals surface area contributed by atoms with Gasteiger partial charge in [-0.3, -0.25) is 14.9 Å². The van der Waals surface area contributed by atoms with Crippen molar-refractivity contribution < 1.29 is 4.79 Å². The number of aromatic nitrogens is 2. The van der Waals surface area contributed by atoms with Crippen LogP contribution in [-0.2, 0) is 0 Å². The molecule has 0 fully saturated rings. The van der Waals surface area contributed by atoms with Crippen LogP contribution in [0.3, 0.4) is 0 Å². The summed E-state index contributed by atoms with van der Waals surface area (Å²) in [5.74, 6) is -0.333. The molecule has 23 heavy (non-hydrogen) atoms. The smallest absolute Gasteiger partial charge is 0.317 e. The van der Waals surface area contributed by atoms with E-state index in [0.717, 1.165) is 0 Å². The molecule has 0 radical (unpaired) electrons. The molecule has 0 aliphatic rings. The molecule has 0 aliphatic carbocycles. The van der Waals surface area contributed by atoms with Crippen LogP contribution in [0.25, 0.3) is 11.0 Å². The average molecular weight is 308 g/mol. The van der Waals surface area contributed by atoms with Gasteiger partial charge in [0.2, 0.25) is 0 Å². The number of amides is 2. The first kappa shape index (κ1) is 14.5. The van der Waals surface area contributed by atoms with Crippen LogP contribution in [0.5, 0.6) is 0 Å². The van der Waals surface area contributed by atoms with Crippen molar-refractivity contribution in [3.63, 3.8) is 0 Å². The molecule has 3 rings (SSSR count). The Morgan fingerprint density at radius 3 is 2.39 bits per heavy atom. The molecule has 0 aliphatic heterocycles. The van der Waals surface area contributed by atoms with Crippen molar-refractivity contribution in [1.29, 1.82) is 0 Å². The summed E-state index contributed by atoms with van der Waals surface area (Å²) in [6, 6.07) is 14.7. The second kappa shape index (κ2) is 6.10. The van der Waals surface area contributed by atoms with E-state index in [0.29, 0.717) is 16.7 Å². The normalized spacial score (nSPS) is 10.3. The molecule has 3 aromatic rings. The highest BCUT2D eigenvalue weighted by Crippen LogP contribution is 2.08. The fourth-order valence-corrected chi connectivity index (χ4v) is 2.01. The van der Waals surface area contributed by atoms with Gasteiger partial charge >= 0.3 is 6.03 Å². The van der Waals surface area contributed by atoms with Crippen molar-refractivity contribution in [1.82, 2.24) is 9.97 Å². The van der Waals surface area contributed by atoms with Gasteiger partial charge in [0.15, 0.2) is 5.82 Å². The molecule has 0 bridgehead atoms. The Bertz CT molecular complexity index is 983. The van der Waals surface area contributed by atoms with Crippen molar-refractivity contribution in [2.75, 3.05) is 10.6 Å². The van der Waals surface area contributed by atoms with Gasteiger partial charge < -0.3 is 10.3 Å². The Kier molecular flexibility index (Phi) is 3.84. The molecule has 3 N–H and O–H groups in total. The standard InChI is InChI=1S/C16H12N4O3/c21-13-14(20-16(23)17-10-6-2-1-3-7-10)18-11-8-4-5-9-12(11)19-15(13)22/h1-9H,(H3,17,18,19,20,21,22,23). The minimum Gasteiger partial charge on any atom is -0.317 e. The minimum atomic E-state index is -0.913. The first-order chi connectivity index (χ1) is 11.1. The lowest BCUT2D eigenvalue weighted by Crippen LogP contribution is -2.30. The maximum atomic E-state index is 12.0. The molecule has 0 saturated heterocycles. The molecule has 1 heterocycles. The Morgan fingerprint density at radius 1 is 0.913 bits per heavy atom. The van der Waals surface area contributed by atoms with Gasteiger partial charge in [-0.05, 0) is 24.3 Å². The number of carbonyl (C=O) groups excluding carboxylic acids is 1. The van der Waals surface area contributed by atoms with Gasteiger partial charge in [-0.15, -0.1) is 0 Å². The molecule has 2 aromatic carbocycles. The van der Waals surface area contributed by atoms with Gasteiger partial charge in [0.1, 0.15) is 0 Å². The largest absolute Gasteiger partial charge is 0.324 e. The predicted octanol–water partition coefficient (Wildman–Crippen LogP) is 1.93. The van der Waals surface area contributed by atoms with Crippen LogP contribution >= 0.6 is 0 Å². The zero-order chi connectivity index (χ0) is 16.2. The molecule has 7 nitrogen and oxygen atoms in total. The zero-order valence-corrected chi connectivity index (χ0v) is 11.9. The highest BCUT2D eigenvalue weighted by atomic mass is 16.2. The molecular formula is C16H12N4O3. The number of carbonyl (C=O) groups is 1. The van der Waals surface area contributed by atoms with Crippen molar-refractivity contribution in [3.05, 3.63) is 75.2 Å². The zero-order valence-electron chi connectivity index (χ0n) is 11.9. The van der Waals surface area contributed by atoms with Crippen molar-refractivity contribution in [3.8, 4) is 0 Å². The number of benzene rings is 2. The lowest BCUT2D eigenvalue weighted by molar-refractivity contribution is 0.262. The number of hydrogen-bond acceptors (Lipinski definition) is 4. The maximum absolute atomic E-state index is 12.0. The summed E-state index contributed by atoms with van der Waals surface area (Å²) in [5.41, 5.74) is -0.414. The number of aromatic amines is 1. The van der Waals surface area contributed by atoms with Gasteiger partial charge in [0.25, 0.3) is 11.0 Å². The molecule has 1 aromatic heterocycles. The topological polar surface area (TPSA) is 104 Å². The van der Waals surface area contributed by atoms with Crippen LogP contribution in [0.15, 0.2) is 64.2 Å². The number of urea groups is 1. The van der Waals surface area contributed by atoms with Gasteiger partial charge in [-0.25, -0.2) is 9.78 Å². The van der Waals surface area contributed by atoms with E-state index >= 15 is 0 Å². The maximum Gasteiger partial charge on any atom is 0.324 e. The number of nitrogens with one attached hydrogen (secondary N) is 3. The molecule has 114 valence electrons. The molecule has 2 amide bonds. The van der Waals surface area contributed by atoms with E-state index in [1.165, 1.54) is 0 Å². The highest BCUT2D eigenvalue weighted by Gasteiger charge is 2.10. The van der Waals surface area contributed by atoms with E-state index < -0.39 is 17.0 Å². The summed E-state index contributed by atoms with van der Waals surface area (Å²) in [4.78, 5) is 42.3. The highest BCUT2D eigenvalue weighted by molar-refractivity contribution is 5.99. The second-order valence-electron chi connectivity index (χ2n) is 4.71. The monoisotopic (exact) mass is 308 g/mol. The quantitative estimate of drug-likeness (QED) is 0.629. The lowest BCUT2D eigenvalue weighted by atomic mass is 10.3. The van der Waals surface area contributed by atoms with E-state index in [2.05, 4.69) is 20.6 Å². The summed E-state index contributed by atoms with van der Waals surface area (Å²) in [6.45, 7) is 0. The molecule has 0 atom stereocenters. The molecule has 0 saturated carbocycles. The Morgan fingerprint density at radius 2 is 1.61 bits per heavy atom. The van der Waals surface area contributed by atoms with E-state index in [9.17, 15) is 14.4 Å².